The van der Waals surface area contributed by atoms with Gasteiger partial charge in [-0.15, -0.1) is 0 Å². The van der Waals surface area contributed by atoms with E-state index in [1.807, 2.05) is 38.1 Å². The molecule has 0 aliphatic rings. The molecule has 1 N–H and O–H groups in total. The highest BCUT2D eigenvalue weighted by atomic mass is 16.5. The first-order chi connectivity index (χ1) is 8.22. The number of aliphatic hydroxyl groups is 1. The second-order valence-corrected chi connectivity index (χ2v) is 4.23. The molecule has 0 saturated carbocycles. The van der Waals surface area contributed by atoms with Gasteiger partial charge in [-0.25, -0.2) is 0 Å². The van der Waals surface area contributed by atoms with Crippen molar-refractivity contribution in [1.82, 2.24) is 0 Å². The van der Waals surface area contributed by atoms with Crippen LogP contribution in [0.15, 0.2) is 28.7 Å². The third kappa shape index (κ3) is 2.68. The summed E-state index contributed by atoms with van der Waals surface area (Å²) in [7, 11) is 0. The smallest absolute Gasteiger partial charge is 0.137 e. The molecule has 3 nitrogen and oxygen atoms in total. The fourth-order valence-electron chi connectivity index (χ4n) is 1.81. The topological polar surface area (TPSA) is 42.6 Å². The molecule has 0 bridgehead atoms. The number of para-hydroxylation sites is 1. The summed E-state index contributed by atoms with van der Waals surface area (Å²) in [5, 5.41) is 10.9. The maximum atomic E-state index is 9.92. The summed E-state index contributed by atoms with van der Waals surface area (Å²) in [6.07, 6.45) is 0.264. The van der Waals surface area contributed by atoms with Crippen LogP contribution in [0.1, 0.15) is 30.8 Å². The molecule has 1 heterocycles. The van der Waals surface area contributed by atoms with E-state index in [-0.39, 0.29) is 6.61 Å². The van der Waals surface area contributed by atoms with Gasteiger partial charge in [0.2, 0.25) is 0 Å². The standard InChI is InChI=1S/C14H18O3/c1-3-7-16-9-12(15)13-8-11-6-4-5-10(2)14(11)17-13/h4-6,8,12,15H,3,7,9H2,1-2H3. The summed E-state index contributed by atoms with van der Waals surface area (Å²) < 4.78 is 11.0. The third-order valence-corrected chi connectivity index (χ3v) is 2.71. The number of hydrogen-bond acceptors (Lipinski definition) is 3. The van der Waals surface area contributed by atoms with Gasteiger partial charge in [-0.1, -0.05) is 25.1 Å². The monoisotopic (exact) mass is 234 g/mol. The highest BCUT2D eigenvalue weighted by Crippen LogP contribution is 2.26. The summed E-state index contributed by atoms with van der Waals surface area (Å²) >= 11 is 0. The molecule has 0 aliphatic carbocycles. The predicted octanol–water partition coefficient (Wildman–Crippen LogP) is 3.20. The fraction of sp³-hybridized carbons (Fsp3) is 0.429. The first kappa shape index (κ1) is 12.1. The highest BCUT2D eigenvalue weighted by molar-refractivity contribution is 5.80. The van der Waals surface area contributed by atoms with Crippen molar-refractivity contribution in [3.63, 3.8) is 0 Å². The lowest BCUT2D eigenvalue weighted by molar-refractivity contribution is 0.0261. The number of rotatable bonds is 5. The Morgan fingerprint density at radius 3 is 2.94 bits per heavy atom. The molecule has 0 saturated heterocycles. The molecule has 2 rings (SSSR count). The van der Waals surface area contributed by atoms with Crippen molar-refractivity contribution in [2.45, 2.75) is 26.4 Å². The fourth-order valence-corrected chi connectivity index (χ4v) is 1.81. The van der Waals surface area contributed by atoms with E-state index in [1.54, 1.807) is 0 Å². The molecule has 3 heteroatoms. The largest absolute Gasteiger partial charge is 0.458 e. The van der Waals surface area contributed by atoms with Gasteiger partial charge < -0.3 is 14.3 Å². The average molecular weight is 234 g/mol. The lowest BCUT2D eigenvalue weighted by Gasteiger charge is -2.07. The lowest BCUT2D eigenvalue weighted by atomic mass is 10.2. The minimum absolute atomic E-state index is 0.284. The van der Waals surface area contributed by atoms with Crippen molar-refractivity contribution in [1.29, 1.82) is 0 Å². The van der Waals surface area contributed by atoms with Crippen LogP contribution in [0, 0.1) is 6.92 Å². The van der Waals surface area contributed by atoms with Gasteiger partial charge in [0.1, 0.15) is 17.4 Å². The Morgan fingerprint density at radius 2 is 2.24 bits per heavy atom. The van der Waals surface area contributed by atoms with Crippen LogP contribution in [0.2, 0.25) is 0 Å². The molecule has 1 aromatic carbocycles. The van der Waals surface area contributed by atoms with Crippen molar-refractivity contribution in [3.8, 4) is 0 Å². The molecule has 0 spiro atoms. The van der Waals surface area contributed by atoms with Crippen molar-refractivity contribution in [3.05, 3.63) is 35.6 Å². The molecular weight excluding hydrogens is 216 g/mol. The van der Waals surface area contributed by atoms with E-state index in [0.29, 0.717) is 12.4 Å². The summed E-state index contributed by atoms with van der Waals surface area (Å²) in [6.45, 7) is 4.98. The predicted molar refractivity (Wildman–Crippen MR) is 67.0 cm³/mol. The van der Waals surface area contributed by atoms with Crippen molar-refractivity contribution >= 4 is 11.0 Å². The molecular formula is C14H18O3. The number of aliphatic hydroxyl groups excluding tert-OH is 1. The van der Waals surface area contributed by atoms with Crippen LogP contribution in [0.3, 0.4) is 0 Å². The van der Waals surface area contributed by atoms with Crippen LogP contribution < -0.4 is 0 Å². The van der Waals surface area contributed by atoms with Gasteiger partial charge in [0.05, 0.1) is 6.61 Å². The van der Waals surface area contributed by atoms with Crippen LogP contribution in [0.5, 0.6) is 0 Å². The molecule has 0 amide bonds. The molecule has 1 aromatic heterocycles. The van der Waals surface area contributed by atoms with Crippen molar-refractivity contribution in [2.75, 3.05) is 13.2 Å². The van der Waals surface area contributed by atoms with Gasteiger partial charge in [0.25, 0.3) is 0 Å². The zero-order valence-electron chi connectivity index (χ0n) is 10.3. The van der Waals surface area contributed by atoms with Gasteiger partial charge >= 0.3 is 0 Å². The highest BCUT2D eigenvalue weighted by Gasteiger charge is 2.14. The van der Waals surface area contributed by atoms with E-state index in [1.165, 1.54) is 0 Å². The van der Waals surface area contributed by atoms with E-state index in [2.05, 4.69) is 0 Å². The summed E-state index contributed by atoms with van der Waals surface area (Å²) in [5.41, 5.74) is 1.92. The average Bonchev–Trinajstić information content (AvgIpc) is 2.75. The van der Waals surface area contributed by atoms with E-state index >= 15 is 0 Å². The Hall–Kier alpha value is -1.32. The lowest BCUT2D eigenvalue weighted by Crippen LogP contribution is -2.06. The number of hydrogen-bond donors (Lipinski definition) is 1. The molecule has 0 fully saturated rings. The maximum absolute atomic E-state index is 9.92. The number of fused-ring (bicyclic) bond motifs is 1. The molecule has 17 heavy (non-hydrogen) atoms. The second-order valence-electron chi connectivity index (χ2n) is 4.23. The Labute approximate surface area is 101 Å². The van der Waals surface area contributed by atoms with Gasteiger partial charge in [-0.2, -0.15) is 0 Å². The van der Waals surface area contributed by atoms with E-state index in [9.17, 15) is 5.11 Å². The van der Waals surface area contributed by atoms with Crippen LogP contribution in [-0.2, 0) is 4.74 Å². The van der Waals surface area contributed by atoms with Gasteiger partial charge in [0, 0.05) is 12.0 Å². The van der Waals surface area contributed by atoms with Crippen molar-refractivity contribution < 1.29 is 14.3 Å². The molecule has 2 aromatic rings. The zero-order chi connectivity index (χ0) is 12.3. The number of ether oxygens (including phenoxy) is 1. The summed E-state index contributed by atoms with van der Waals surface area (Å²) in [5.74, 6) is 0.574. The van der Waals surface area contributed by atoms with Crippen LogP contribution >= 0.6 is 0 Å². The first-order valence-corrected chi connectivity index (χ1v) is 5.97. The van der Waals surface area contributed by atoms with Crippen LogP contribution in [0.25, 0.3) is 11.0 Å². The quantitative estimate of drug-likeness (QED) is 0.808. The SMILES string of the molecule is CCCOCC(O)c1cc2cccc(C)c2o1. The number of aryl methyl sites for hydroxylation is 1. The summed E-state index contributed by atoms with van der Waals surface area (Å²) in [4.78, 5) is 0. The van der Waals surface area contributed by atoms with Crippen LogP contribution in [-0.4, -0.2) is 18.3 Å². The molecule has 0 aliphatic heterocycles. The van der Waals surface area contributed by atoms with E-state index in [0.717, 1.165) is 23.0 Å². The maximum Gasteiger partial charge on any atom is 0.137 e. The Morgan fingerprint density at radius 1 is 1.41 bits per heavy atom. The zero-order valence-corrected chi connectivity index (χ0v) is 10.3. The van der Waals surface area contributed by atoms with E-state index < -0.39 is 6.10 Å². The van der Waals surface area contributed by atoms with Gasteiger partial charge in [-0.05, 0) is 25.0 Å². The number of benzene rings is 1. The van der Waals surface area contributed by atoms with Gasteiger partial charge in [0.15, 0.2) is 0 Å². The normalized spacial score (nSPS) is 13.1. The molecule has 92 valence electrons. The minimum Gasteiger partial charge on any atom is -0.458 e. The Balaban J connectivity index is 2.16. The van der Waals surface area contributed by atoms with E-state index in [4.69, 9.17) is 9.15 Å². The molecule has 0 radical (unpaired) electrons. The molecule has 1 atom stereocenters. The third-order valence-electron chi connectivity index (χ3n) is 2.71. The van der Waals surface area contributed by atoms with Crippen molar-refractivity contribution in [2.24, 2.45) is 0 Å². The summed E-state index contributed by atoms with van der Waals surface area (Å²) in [6, 6.07) is 7.84. The first-order valence-electron chi connectivity index (χ1n) is 5.97. The van der Waals surface area contributed by atoms with Gasteiger partial charge in [-0.3, -0.25) is 0 Å². The number of furan rings is 1. The Kier molecular flexibility index (Phi) is 3.82. The molecule has 1 unspecified atom stereocenters. The minimum atomic E-state index is -0.687. The Bertz CT molecular complexity index is 487. The van der Waals surface area contributed by atoms with Crippen LogP contribution in [0.4, 0.5) is 0 Å². The second kappa shape index (κ2) is 5.34.